The molecule has 74 valence electrons. The molecule has 1 fully saturated rings. The summed E-state index contributed by atoms with van der Waals surface area (Å²) in [6, 6.07) is 0. The summed E-state index contributed by atoms with van der Waals surface area (Å²) in [5.74, 6) is -0.348. The minimum Gasteiger partial charge on any atom is -0.463 e. The van der Waals surface area contributed by atoms with Crippen molar-refractivity contribution in [1.82, 2.24) is 0 Å². The zero-order valence-corrected chi connectivity index (χ0v) is 8.04. The lowest BCUT2D eigenvalue weighted by molar-refractivity contribution is -0.146. The summed E-state index contributed by atoms with van der Waals surface area (Å²) < 4.78 is 10.2. The Morgan fingerprint density at radius 3 is 2.92 bits per heavy atom. The van der Waals surface area contributed by atoms with Gasteiger partial charge in [-0.15, -0.1) is 0 Å². The zero-order chi connectivity index (χ0) is 9.73. The van der Waals surface area contributed by atoms with Gasteiger partial charge in [-0.1, -0.05) is 6.58 Å². The molecule has 3 heteroatoms. The molecule has 1 aliphatic rings. The van der Waals surface area contributed by atoms with Crippen molar-refractivity contribution >= 4 is 5.97 Å². The summed E-state index contributed by atoms with van der Waals surface area (Å²) in [5.41, 5.74) is 0.0422. The van der Waals surface area contributed by atoms with Gasteiger partial charge in [0.15, 0.2) is 0 Å². The monoisotopic (exact) mass is 184 g/mol. The van der Waals surface area contributed by atoms with Crippen molar-refractivity contribution in [2.24, 2.45) is 0 Å². The van der Waals surface area contributed by atoms with Crippen molar-refractivity contribution in [3.8, 4) is 0 Å². The fourth-order valence-electron chi connectivity index (χ4n) is 1.33. The predicted molar refractivity (Wildman–Crippen MR) is 49.4 cm³/mol. The Hall–Kier alpha value is -0.830. The molecule has 1 heterocycles. The van der Waals surface area contributed by atoms with Gasteiger partial charge in [-0.3, -0.25) is 0 Å². The molecule has 1 atom stereocenters. The Morgan fingerprint density at radius 1 is 1.77 bits per heavy atom. The topological polar surface area (TPSA) is 35.5 Å². The molecule has 3 nitrogen and oxygen atoms in total. The standard InChI is InChI=1S/C10H16O3/c1-3-9(11)12-7-4-5-10(2)6-8-13-10/h3H,1,4-8H2,2H3. The van der Waals surface area contributed by atoms with Gasteiger partial charge in [-0.25, -0.2) is 4.79 Å². The van der Waals surface area contributed by atoms with E-state index in [0.29, 0.717) is 6.61 Å². The number of esters is 1. The maximum atomic E-state index is 10.6. The molecule has 0 N–H and O–H groups in total. The van der Waals surface area contributed by atoms with Gasteiger partial charge >= 0.3 is 5.97 Å². The maximum Gasteiger partial charge on any atom is 0.330 e. The van der Waals surface area contributed by atoms with E-state index in [1.54, 1.807) is 0 Å². The van der Waals surface area contributed by atoms with Crippen LogP contribution in [0.1, 0.15) is 26.2 Å². The average Bonchev–Trinajstić information content (AvgIpc) is 2.09. The van der Waals surface area contributed by atoms with Crippen molar-refractivity contribution in [2.75, 3.05) is 13.2 Å². The number of rotatable bonds is 5. The Morgan fingerprint density at radius 2 is 2.46 bits per heavy atom. The molecule has 13 heavy (non-hydrogen) atoms. The van der Waals surface area contributed by atoms with Crippen molar-refractivity contribution in [3.05, 3.63) is 12.7 Å². The number of carbonyl (C=O) groups is 1. The fourth-order valence-corrected chi connectivity index (χ4v) is 1.33. The predicted octanol–water partition coefficient (Wildman–Crippen LogP) is 1.67. The van der Waals surface area contributed by atoms with E-state index < -0.39 is 0 Å². The molecule has 0 aromatic heterocycles. The zero-order valence-electron chi connectivity index (χ0n) is 8.04. The van der Waals surface area contributed by atoms with Crippen LogP contribution in [0.25, 0.3) is 0 Å². The lowest BCUT2D eigenvalue weighted by Crippen LogP contribution is -2.40. The number of hydrogen-bond acceptors (Lipinski definition) is 3. The van der Waals surface area contributed by atoms with E-state index in [4.69, 9.17) is 9.47 Å². The number of hydrogen-bond donors (Lipinski definition) is 0. The number of ether oxygens (including phenoxy) is 2. The first-order valence-corrected chi connectivity index (χ1v) is 4.59. The molecule has 0 saturated carbocycles. The largest absolute Gasteiger partial charge is 0.463 e. The molecule has 0 bridgehead atoms. The Bertz CT molecular complexity index is 194. The average molecular weight is 184 g/mol. The van der Waals surface area contributed by atoms with Gasteiger partial charge in [0.25, 0.3) is 0 Å². The molecule has 0 radical (unpaired) electrons. The van der Waals surface area contributed by atoms with Crippen LogP contribution in [0.4, 0.5) is 0 Å². The van der Waals surface area contributed by atoms with E-state index in [1.807, 2.05) is 0 Å². The first-order valence-electron chi connectivity index (χ1n) is 4.59. The summed E-state index contributed by atoms with van der Waals surface area (Å²) >= 11 is 0. The van der Waals surface area contributed by atoms with E-state index >= 15 is 0 Å². The minimum atomic E-state index is -0.348. The molecular weight excluding hydrogens is 168 g/mol. The molecule has 1 saturated heterocycles. The van der Waals surface area contributed by atoms with Gasteiger partial charge in [0.1, 0.15) is 0 Å². The lowest BCUT2D eigenvalue weighted by Gasteiger charge is -2.38. The van der Waals surface area contributed by atoms with Gasteiger partial charge in [-0.05, 0) is 26.2 Å². The van der Waals surface area contributed by atoms with Gasteiger partial charge in [-0.2, -0.15) is 0 Å². The van der Waals surface area contributed by atoms with Gasteiger partial charge in [0.2, 0.25) is 0 Å². The third-order valence-electron chi connectivity index (χ3n) is 2.34. The van der Waals surface area contributed by atoms with Crippen LogP contribution in [0.5, 0.6) is 0 Å². The second kappa shape index (κ2) is 4.42. The summed E-state index contributed by atoms with van der Waals surface area (Å²) in [4.78, 5) is 10.6. The highest BCUT2D eigenvalue weighted by atomic mass is 16.5. The van der Waals surface area contributed by atoms with Crippen LogP contribution in [-0.4, -0.2) is 24.8 Å². The van der Waals surface area contributed by atoms with Gasteiger partial charge < -0.3 is 9.47 Å². The molecule has 1 unspecified atom stereocenters. The highest BCUT2D eigenvalue weighted by Gasteiger charge is 2.32. The Balaban J connectivity index is 2.00. The van der Waals surface area contributed by atoms with E-state index in [0.717, 1.165) is 25.9 Å². The maximum absolute atomic E-state index is 10.6. The van der Waals surface area contributed by atoms with E-state index in [-0.39, 0.29) is 11.6 Å². The summed E-state index contributed by atoms with van der Waals surface area (Å²) in [5, 5.41) is 0. The number of carbonyl (C=O) groups excluding carboxylic acids is 1. The van der Waals surface area contributed by atoms with Crippen LogP contribution in [0.2, 0.25) is 0 Å². The van der Waals surface area contributed by atoms with Crippen LogP contribution in [0.3, 0.4) is 0 Å². The summed E-state index contributed by atoms with van der Waals surface area (Å²) in [6.07, 6.45) is 4.11. The summed E-state index contributed by atoms with van der Waals surface area (Å²) in [7, 11) is 0. The smallest absolute Gasteiger partial charge is 0.330 e. The molecule has 1 aliphatic heterocycles. The van der Waals surface area contributed by atoms with Crippen molar-refractivity contribution in [3.63, 3.8) is 0 Å². The van der Waals surface area contributed by atoms with Gasteiger partial charge in [0, 0.05) is 6.08 Å². The third kappa shape index (κ3) is 3.19. The quantitative estimate of drug-likeness (QED) is 0.370. The van der Waals surface area contributed by atoms with Crippen LogP contribution in [0, 0.1) is 0 Å². The first-order chi connectivity index (χ1) is 6.16. The molecule has 0 aliphatic carbocycles. The highest BCUT2D eigenvalue weighted by molar-refractivity contribution is 5.81. The van der Waals surface area contributed by atoms with E-state index in [1.165, 1.54) is 6.08 Å². The van der Waals surface area contributed by atoms with E-state index in [9.17, 15) is 4.79 Å². The Kier molecular flexibility index (Phi) is 3.48. The van der Waals surface area contributed by atoms with Crippen LogP contribution in [-0.2, 0) is 14.3 Å². The van der Waals surface area contributed by atoms with Gasteiger partial charge in [0.05, 0.1) is 18.8 Å². The highest BCUT2D eigenvalue weighted by Crippen LogP contribution is 2.30. The van der Waals surface area contributed by atoms with Crippen LogP contribution in [0.15, 0.2) is 12.7 Å². The van der Waals surface area contributed by atoms with Crippen molar-refractivity contribution in [2.45, 2.75) is 31.8 Å². The second-order valence-corrected chi connectivity index (χ2v) is 3.52. The normalized spacial score (nSPS) is 26.2. The lowest BCUT2D eigenvalue weighted by atomic mass is 9.92. The van der Waals surface area contributed by atoms with Crippen molar-refractivity contribution in [1.29, 1.82) is 0 Å². The molecule has 0 aromatic rings. The molecule has 0 aromatic carbocycles. The molecular formula is C10H16O3. The molecule has 0 amide bonds. The summed E-state index contributed by atoms with van der Waals surface area (Å²) in [6.45, 7) is 6.73. The second-order valence-electron chi connectivity index (χ2n) is 3.52. The van der Waals surface area contributed by atoms with E-state index in [2.05, 4.69) is 13.5 Å². The SMILES string of the molecule is C=CC(=O)OCCCC1(C)CCO1. The van der Waals surface area contributed by atoms with Crippen LogP contribution >= 0.6 is 0 Å². The third-order valence-corrected chi connectivity index (χ3v) is 2.34. The fraction of sp³-hybridized carbons (Fsp3) is 0.700. The minimum absolute atomic E-state index is 0.0422. The van der Waals surface area contributed by atoms with Crippen molar-refractivity contribution < 1.29 is 14.3 Å². The first kappa shape index (κ1) is 10.3. The Labute approximate surface area is 78.7 Å². The molecule has 0 spiro atoms. The molecule has 1 rings (SSSR count). The van der Waals surface area contributed by atoms with Crippen LogP contribution < -0.4 is 0 Å².